The SMILES string of the molecule is COc1ccc(CN2C(=O)c3ccnc(N(Cc4ccc(OC)cc4OC)Cc4ccc(OC)cc4OC)c3C2c2ccccc2C)cc1. The van der Waals surface area contributed by atoms with Crippen LogP contribution in [0.5, 0.6) is 28.7 Å². The van der Waals surface area contributed by atoms with Gasteiger partial charge in [-0.3, -0.25) is 4.79 Å². The molecule has 0 radical (unpaired) electrons. The van der Waals surface area contributed by atoms with Gasteiger partial charge in [0.1, 0.15) is 34.6 Å². The van der Waals surface area contributed by atoms with Crippen molar-refractivity contribution < 1.29 is 28.5 Å². The summed E-state index contributed by atoms with van der Waals surface area (Å²) in [7, 11) is 8.21. The molecule has 0 bridgehead atoms. The largest absolute Gasteiger partial charge is 0.497 e. The van der Waals surface area contributed by atoms with Crippen molar-refractivity contribution >= 4 is 11.7 Å². The number of hydrogen-bond donors (Lipinski definition) is 0. The smallest absolute Gasteiger partial charge is 0.255 e. The van der Waals surface area contributed by atoms with E-state index in [-0.39, 0.29) is 11.9 Å². The molecule has 6 rings (SSSR count). The van der Waals surface area contributed by atoms with E-state index >= 15 is 0 Å². The maximum atomic E-state index is 14.4. The van der Waals surface area contributed by atoms with Crippen molar-refractivity contribution in [3.8, 4) is 28.7 Å². The van der Waals surface area contributed by atoms with Gasteiger partial charge in [0.15, 0.2) is 0 Å². The van der Waals surface area contributed by atoms with Crippen LogP contribution < -0.4 is 28.6 Å². The fourth-order valence-electron chi connectivity index (χ4n) is 6.49. The minimum absolute atomic E-state index is 0.0493. The van der Waals surface area contributed by atoms with Crippen LogP contribution in [0.4, 0.5) is 5.82 Å². The first-order valence-electron chi connectivity index (χ1n) is 16.0. The third-order valence-electron chi connectivity index (χ3n) is 9.05. The van der Waals surface area contributed by atoms with Crippen LogP contribution in [0.3, 0.4) is 0 Å². The number of aryl methyl sites for hydroxylation is 1. The number of anilines is 1. The van der Waals surface area contributed by atoms with Crippen molar-refractivity contribution in [2.24, 2.45) is 0 Å². The topological polar surface area (TPSA) is 82.6 Å². The molecule has 9 nitrogen and oxygen atoms in total. The summed E-state index contributed by atoms with van der Waals surface area (Å²) < 4.78 is 28.0. The normalized spacial score (nSPS) is 13.6. The number of nitrogens with zero attached hydrogens (tertiary/aromatic N) is 3. The lowest BCUT2D eigenvalue weighted by Gasteiger charge is -2.31. The Morgan fingerprint density at radius 1 is 0.694 bits per heavy atom. The third kappa shape index (κ3) is 6.69. The van der Waals surface area contributed by atoms with E-state index in [1.165, 1.54) is 0 Å². The Hall–Kier alpha value is -5.70. The summed E-state index contributed by atoms with van der Waals surface area (Å²) in [4.78, 5) is 23.6. The summed E-state index contributed by atoms with van der Waals surface area (Å²) in [5.41, 5.74) is 6.47. The molecule has 0 aliphatic carbocycles. The van der Waals surface area contributed by atoms with E-state index in [0.717, 1.165) is 39.1 Å². The minimum atomic E-state index is -0.382. The lowest BCUT2D eigenvalue weighted by molar-refractivity contribution is 0.0735. The number of rotatable bonds is 13. The average Bonchev–Trinajstić information content (AvgIpc) is 3.42. The third-order valence-corrected chi connectivity index (χ3v) is 9.05. The first kappa shape index (κ1) is 33.2. The zero-order valence-electron chi connectivity index (χ0n) is 28.7. The summed E-state index contributed by atoms with van der Waals surface area (Å²) in [6.45, 7) is 3.36. The lowest BCUT2D eigenvalue weighted by atomic mass is 9.94. The lowest BCUT2D eigenvalue weighted by Crippen LogP contribution is -2.30. The summed E-state index contributed by atoms with van der Waals surface area (Å²) in [5.74, 6) is 4.18. The number of carbonyl (C=O) groups is 1. The standard InChI is InChI=1S/C40H41N3O6/c1-26-9-7-8-10-33(26)38-37-34(40(44)43(38)23-27-11-15-30(45-2)16-12-27)19-20-41-39(37)42(24-28-13-17-31(46-3)21-35(28)48-5)25-29-14-18-32(47-4)22-36(29)49-6/h7-22,38H,23-25H2,1-6H3. The second-order valence-electron chi connectivity index (χ2n) is 11.8. The summed E-state index contributed by atoms with van der Waals surface area (Å²) in [5, 5.41) is 0. The molecule has 1 aliphatic rings. The molecular formula is C40H41N3O6. The fourth-order valence-corrected chi connectivity index (χ4v) is 6.49. The van der Waals surface area contributed by atoms with Gasteiger partial charge in [-0.2, -0.15) is 0 Å². The quantitative estimate of drug-likeness (QED) is 0.130. The van der Waals surface area contributed by atoms with Gasteiger partial charge in [0, 0.05) is 54.7 Å². The highest BCUT2D eigenvalue weighted by Gasteiger charge is 2.41. The number of ether oxygens (including phenoxy) is 5. The molecule has 2 heterocycles. The minimum Gasteiger partial charge on any atom is -0.497 e. The molecule has 5 aromatic rings. The Morgan fingerprint density at radius 2 is 1.27 bits per heavy atom. The number of pyridine rings is 1. The van der Waals surface area contributed by atoms with Gasteiger partial charge in [0.25, 0.3) is 5.91 Å². The van der Waals surface area contributed by atoms with Crippen LogP contribution in [0.25, 0.3) is 0 Å². The van der Waals surface area contributed by atoms with Gasteiger partial charge in [-0.25, -0.2) is 4.98 Å². The summed E-state index contributed by atoms with van der Waals surface area (Å²) >= 11 is 0. The molecule has 0 fully saturated rings. The van der Waals surface area contributed by atoms with E-state index in [1.807, 2.05) is 83.8 Å². The number of fused-ring (bicyclic) bond motifs is 1. The van der Waals surface area contributed by atoms with Crippen LogP contribution in [0.2, 0.25) is 0 Å². The Bertz CT molecular complexity index is 1890. The van der Waals surface area contributed by atoms with Crippen LogP contribution in [-0.2, 0) is 19.6 Å². The van der Waals surface area contributed by atoms with Crippen molar-refractivity contribution in [1.29, 1.82) is 0 Å². The Labute approximate surface area is 287 Å². The molecule has 49 heavy (non-hydrogen) atoms. The van der Waals surface area contributed by atoms with E-state index < -0.39 is 0 Å². The van der Waals surface area contributed by atoms with Gasteiger partial charge in [0.2, 0.25) is 0 Å². The first-order chi connectivity index (χ1) is 23.9. The maximum Gasteiger partial charge on any atom is 0.255 e. The second kappa shape index (κ2) is 14.6. The van der Waals surface area contributed by atoms with Crippen LogP contribution in [0.15, 0.2) is 97.2 Å². The molecule has 4 aromatic carbocycles. The van der Waals surface area contributed by atoms with Crippen LogP contribution in [0, 0.1) is 6.92 Å². The van der Waals surface area contributed by atoms with E-state index in [4.69, 9.17) is 28.7 Å². The van der Waals surface area contributed by atoms with E-state index in [9.17, 15) is 4.79 Å². The molecule has 1 amide bonds. The average molecular weight is 660 g/mol. The highest BCUT2D eigenvalue weighted by Crippen LogP contribution is 2.45. The van der Waals surface area contributed by atoms with Crippen LogP contribution in [-0.4, -0.2) is 51.3 Å². The van der Waals surface area contributed by atoms with Gasteiger partial charge in [-0.15, -0.1) is 0 Å². The molecule has 1 atom stereocenters. The molecule has 0 saturated heterocycles. The zero-order chi connectivity index (χ0) is 34.5. The molecular weight excluding hydrogens is 618 g/mol. The van der Waals surface area contributed by atoms with Crippen molar-refractivity contribution in [3.05, 3.63) is 136 Å². The molecule has 252 valence electrons. The predicted octanol–water partition coefficient (Wildman–Crippen LogP) is 7.39. The van der Waals surface area contributed by atoms with Gasteiger partial charge in [-0.05, 0) is 66.1 Å². The summed E-state index contributed by atoms with van der Waals surface area (Å²) in [6.07, 6.45) is 1.72. The highest BCUT2D eigenvalue weighted by molar-refractivity contribution is 6.01. The van der Waals surface area contributed by atoms with E-state index in [2.05, 4.69) is 24.0 Å². The first-order valence-corrected chi connectivity index (χ1v) is 16.0. The highest BCUT2D eigenvalue weighted by atomic mass is 16.5. The van der Waals surface area contributed by atoms with Gasteiger partial charge in [0.05, 0.1) is 47.2 Å². The molecule has 9 heteroatoms. The monoisotopic (exact) mass is 659 g/mol. The van der Waals surface area contributed by atoms with Gasteiger partial charge < -0.3 is 33.5 Å². The Morgan fingerprint density at radius 3 is 1.82 bits per heavy atom. The molecule has 0 spiro atoms. The number of benzene rings is 4. The van der Waals surface area contributed by atoms with Crippen molar-refractivity contribution in [2.75, 3.05) is 40.4 Å². The van der Waals surface area contributed by atoms with E-state index in [0.29, 0.717) is 54.0 Å². The molecule has 0 N–H and O–H groups in total. The van der Waals surface area contributed by atoms with E-state index in [1.54, 1.807) is 41.7 Å². The van der Waals surface area contributed by atoms with Crippen molar-refractivity contribution in [1.82, 2.24) is 9.88 Å². The Kier molecular flexibility index (Phi) is 9.89. The second-order valence-corrected chi connectivity index (χ2v) is 11.8. The number of amides is 1. The van der Waals surface area contributed by atoms with Crippen molar-refractivity contribution in [3.63, 3.8) is 0 Å². The molecule has 1 unspecified atom stereocenters. The molecule has 0 saturated carbocycles. The number of carbonyl (C=O) groups excluding carboxylic acids is 1. The van der Waals surface area contributed by atoms with Crippen LogP contribution >= 0.6 is 0 Å². The summed E-state index contributed by atoms with van der Waals surface area (Å²) in [6, 6.07) is 29.1. The molecule has 1 aliphatic heterocycles. The zero-order valence-corrected chi connectivity index (χ0v) is 28.7. The van der Waals surface area contributed by atoms with Crippen LogP contribution in [0.1, 0.15) is 49.8 Å². The fraction of sp³-hybridized carbons (Fsp3) is 0.250. The van der Waals surface area contributed by atoms with Gasteiger partial charge in [-0.1, -0.05) is 36.4 Å². The van der Waals surface area contributed by atoms with Crippen molar-refractivity contribution in [2.45, 2.75) is 32.6 Å². The predicted molar refractivity (Wildman–Crippen MR) is 189 cm³/mol. The number of aromatic nitrogens is 1. The maximum absolute atomic E-state index is 14.4. The molecule has 1 aromatic heterocycles. The Balaban J connectivity index is 1.51. The van der Waals surface area contributed by atoms with Gasteiger partial charge >= 0.3 is 0 Å². The number of methoxy groups -OCH3 is 5. The number of hydrogen-bond acceptors (Lipinski definition) is 8.